The summed E-state index contributed by atoms with van der Waals surface area (Å²) in [6.45, 7) is 7.48. The molecule has 0 saturated heterocycles. The summed E-state index contributed by atoms with van der Waals surface area (Å²) in [7, 11) is 0. The second-order valence-corrected chi connectivity index (χ2v) is 6.74. The van der Waals surface area contributed by atoms with Crippen molar-refractivity contribution >= 4 is 0 Å². The molecule has 4 unspecified atom stereocenters. The van der Waals surface area contributed by atoms with Gasteiger partial charge in [0.15, 0.2) is 0 Å². The molecule has 20 heavy (non-hydrogen) atoms. The normalized spacial score (nSPS) is 34.6. The molecule has 0 heterocycles. The van der Waals surface area contributed by atoms with Gasteiger partial charge in [0.25, 0.3) is 0 Å². The maximum atomic E-state index is 6.25. The van der Waals surface area contributed by atoms with Crippen LogP contribution in [-0.2, 0) is 4.74 Å². The molecule has 0 spiro atoms. The molecule has 4 atom stereocenters. The van der Waals surface area contributed by atoms with Crippen LogP contribution in [0, 0.1) is 5.41 Å². The average molecular weight is 274 g/mol. The second-order valence-electron chi connectivity index (χ2n) is 6.74. The van der Waals surface area contributed by atoms with Gasteiger partial charge in [0, 0.05) is 30.1 Å². The van der Waals surface area contributed by atoms with Crippen molar-refractivity contribution in [2.75, 3.05) is 6.61 Å². The monoisotopic (exact) mass is 274 g/mol. The molecular weight excluding hydrogens is 248 g/mol. The van der Waals surface area contributed by atoms with Crippen LogP contribution in [0.25, 0.3) is 0 Å². The molecule has 0 aliphatic heterocycles. The van der Waals surface area contributed by atoms with Gasteiger partial charge < -0.3 is 15.8 Å². The van der Waals surface area contributed by atoms with Gasteiger partial charge in [-0.15, -0.1) is 0 Å². The van der Waals surface area contributed by atoms with E-state index in [1.807, 2.05) is 0 Å². The van der Waals surface area contributed by atoms with Gasteiger partial charge in [0.2, 0.25) is 0 Å². The molecule has 2 aliphatic carbocycles. The number of ether oxygens (including phenoxy) is 1. The summed E-state index contributed by atoms with van der Waals surface area (Å²) < 4.78 is 5.81. The molecule has 0 aromatic heterocycles. The van der Waals surface area contributed by atoms with Crippen molar-refractivity contribution in [1.29, 1.82) is 0 Å². The zero-order valence-corrected chi connectivity index (χ0v) is 12.7. The van der Waals surface area contributed by atoms with Crippen LogP contribution in [0.5, 0.6) is 0 Å². The molecule has 3 rings (SSSR count). The number of nitrogens with one attached hydrogen (secondary N) is 1. The standard InChI is InChI=1S/C17H26N2O/c1-4-20-16-10-15(17(16,2)3)19-14-9-13(18)11-7-5-6-8-12(11)14/h5-8,13-16,19H,4,9-10,18H2,1-3H3. The van der Waals surface area contributed by atoms with Gasteiger partial charge in [-0.05, 0) is 30.9 Å². The number of hydrogen-bond acceptors (Lipinski definition) is 3. The minimum Gasteiger partial charge on any atom is -0.378 e. The van der Waals surface area contributed by atoms with Gasteiger partial charge >= 0.3 is 0 Å². The van der Waals surface area contributed by atoms with E-state index in [-0.39, 0.29) is 11.5 Å². The Bertz CT molecular complexity index is 486. The van der Waals surface area contributed by atoms with E-state index < -0.39 is 0 Å². The lowest BCUT2D eigenvalue weighted by Crippen LogP contribution is -2.61. The first-order chi connectivity index (χ1) is 9.54. The van der Waals surface area contributed by atoms with Crippen molar-refractivity contribution in [3.05, 3.63) is 35.4 Å². The fraction of sp³-hybridized carbons (Fsp3) is 0.647. The van der Waals surface area contributed by atoms with E-state index in [9.17, 15) is 0 Å². The largest absolute Gasteiger partial charge is 0.378 e. The third kappa shape index (κ3) is 2.18. The number of rotatable bonds is 4. The molecule has 3 nitrogen and oxygen atoms in total. The topological polar surface area (TPSA) is 47.3 Å². The fourth-order valence-electron chi connectivity index (χ4n) is 3.73. The minimum absolute atomic E-state index is 0.176. The molecule has 3 heteroatoms. The molecule has 0 bridgehead atoms. The molecule has 1 aromatic carbocycles. The van der Waals surface area contributed by atoms with Crippen LogP contribution in [-0.4, -0.2) is 18.8 Å². The van der Waals surface area contributed by atoms with E-state index in [1.165, 1.54) is 11.1 Å². The molecule has 2 aliphatic rings. The van der Waals surface area contributed by atoms with Gasteiger partial charge in [-0.3, -0.25) is 0 Å². The smallest absolute Gasteiger partial charge is 0.0655 e. The van der Waals surface area contributed by atoms with Crippen LogP contribution >= 0.6 is 0 Å². The molecule has 0 amide bonds. The molecular formula is C17H26N2O. The van der Waals surface area contributed by atoms with Crippen molar-refractivity contribution in [3.63, 3.8) is 0 Å². The van der Waals surface area contributed by atoms with Crippen LogP contribution in [0.4, 0.5) is 0 Å². The Morgan fingerprint density at radius 1 is 1.25 bits per heavy atom. The molecule has 1 fully saturated rings. The van der Waals surface area contributed by atoms with E-state index >= 15 is 0 Å². The fourth-order valence-corrected chi connectivity index (χ4v) is 3.73. The summed E-state index contributed by atoms with van der Waals surface area (Å²) in [4.78, 5) is 0. The summed E-state index contributed by atoms with van der Waals surface area (Å²) in [5.41, 5.74) is 9.15. The third-order valence-electron chi connectivity index (χ3n) is 5.21. The third-order valence-corrected chi connectivity index (χ3v) is 5.21. The highest BCUT2D eigenvalue weighted by Gasteiger charge is 2.49. The summed E-state index contributed by atoms with van der Waals surface area (Å²) in [6, 6.07) is 9.66. The lowest BCUT2D eigenvalue weighted by atomic mass is 9.64. The predicted octanol–water partition coefficient (Wildman–Crippen LogP) is 2.92. The highest BCUT2D eigenvalue weighted by atomic mass is 16.5. The van der Waals surface area contributed by atoms with Crippen molar-refractivity contribution < 1.29 is 4.74 Å². The zero-order valence-electron chi connectivity index (χ0n) is 12.7. The summed E-state index contributed by atoms with van der Waals surface area (Å²) >= 11 is 0. The van der Waals surface area contributed by atoms with E-state index in [0.717, 1.165) is 19.4 Å². The predicted molar refractivity (Wildman–Crippen MR) is 81.5 cm³/mol. The van der Waals surface area contributed by atoms with Crippen molar-refractivity contribution in [1.82, 2.24) is 5.32 Å². The molecule has 110 valence electrons. The van der Waals surface area contributed by atoms with Crippen LogP contribution in [0.3, 0.4) is 0 Å². The quantitative estimate of drug-likeness (QED) is 0.887. The van der Waals surface area contributed by atoms with Crippen LogP contribution in [0.1, 0.15) is 56.8 Å². The maximum absolute atomic E-state index is 6.25. The van der Waals surface area contributed by atoms with Crippen molar-refractivity contribution in [2.24, 2.45) is 11.1 Å². The summed E-state index contributed by atoms with van der Waals surface area (Å²) in [6.07, 6.45) is 2.50. The average Bonchev–Trinajstić information content (AvgIpc) is 2.75. The molecule has 0 radical (unpaired) electrons. The van der Waals surface area contributed by atoms with Crippen molar-refractivity contribution in [3.8, 4) is 0 Å². The Balaban J connectivity index is 1.69. The van der Waals surface area contributed by atoms with Crippen LogP contribution < -0.4 is 11.1 Å². The minimum atomic E-state index is 0.176. The highest BCUT2D eigenvalue weighted by Crippen LogP contribution is 2.46. The van der Waals surface area contributed by atoms with Crippen LogP contribution in [0.15, 0.2) is 24.3 Å². The Hall–Kier alpha value is -0.900. The molecule has 1 saturated carbocycles. The SMILES string of the molecule is CCOC1CC(NC2CC(N)c3ccccc32)C1(C)C. The first kappa shape index (κ1) is 14.1. The first-order valence-corrected chi connectivity index (χ1v) is 7.76. The van der Waals surface area contributed by atoms with E-state index in [1.54, 1.807) is 0 Å². The Kier molecular flexibility index (Phi) is 3.61. The van der Waals surface area contributed by atoms with Gasteiger partial charge in [0.05, 0.1) is 6.10 Å². The number of nitrogens with two attached hydrogens (primary N) is 1. The number of benzene rings is 1. The van der Waals surface area contributed by atoms with Gasteiger partial charge in [-0.2, -0.15) is 0 Å². The molecule has 3 N–H and O–H groups in total. The maximum Gasteiger partial charge on any atom is 0.0655 e. The Morgan fingerprint density at radius 3 is 2.60 bits per heavy atom. The number of fused-ring (bicyclic) bond motifs is 1. The summed E-state index contributed by atoms with van der Waals surface area (Å²) in [5.74, 6) is 0. The zero-order chi connectivity index (χ0) is 14.3. The number of hydrogen-bond donors (Lipinski definition) is 2. The Labute approximate surface area is 121 Å². The lowest BCUT2D eigenvalue weighted by Gasteiger charge is -2.52. The van der Waals surface area contributed by atoms with Crippen LogP contribution in [0.2, 0.25) is 0 Å². The highest BCUT2D eigenvalue weighted by molar-refractivity contribution is 5.37. The Morgan fingerprint density at radius 2 is 1.95 bits per heavy atom. The van der Waals surface area contributed by atoms with Gasteiger partial charge in [0.1, 0.15) is 0 Å². The first-order valence-electron chi connectivity index (χ1n) is 7.76. The van der Waals surface area contributed by atoms with Gasteiger partial charge in [-0.1, -0.05) is 38.1 Å². The van der Waals surface area contributed by atoms with E-state index in [0.29, 0.717) is 18.2 Å². The second kappa shape index (κ2) is 5.14. The van der Waals surface area contributed by atoms with E-state index in [2.05, 4.69) is 50.4 Å². The van der Waals surface area contributed by atoms with Crippen molar-refractivity contribution in [2.45, 2.75) is 57.8 Å². The van der Waals surface area contributed by atoms with E-state index in [4.69, 9.17) is 10.5 Å². The lowest BCUT2D eigenvalue weighted by molar-refractivity contribution is -0.116. The summed E-state index contributed by atoms with van der Waals surface area (Å²) in [5, 5.41) is 3.82. The molecule has 1 aromatic rings. The van der Waals surface area contributed by atoms with Gasteiger partial charge in [-0.25, -0.2) is 0 Å².